The molecule has 0 heterocycles. The summed E-state index contributed by atoms with van der Waals surface area (Å²) in [6, 6.07) is 18.4. The Labute approximate surface area is 156 Å². The van der Waals surface area contributed by atoms with E-state index in [0.29, 0.717) is 13.2 Å². The van der Waals surface area contributed by atoms with Crippen molar-refractivity contribution in [3.05, 3.63) is 65.7 Å². The Morgan fingerprint density at radius 1 is 0.923 bits per heavy atom. The van der Waals surface area contributed by atoms with E-state index in [1.807, 2.05) is 51.1 Å². The number of rotatable bonds is 8. The molecule has 0 bridgehead atoms. The predicted octanol–water partition coefficient (Wildman–Crippen LogP) is 5.11. The lowest BCUT2D eigenvalue weighted by Gasteiger charge is -2.19. The minimum atomic E-state index is -0.450. The number of unbranched alkanes of at least 4 members (excludes halogenated alkanes) is 1. The lowest BCUT2D eigenvalue weighted by Crippen LogP contribution is -2.33. The van der Waals surface area contributed by atoms with Gasteiger partial charge in [0.15, 0.2) is 0 Å². The minimum Gasteiger partial charge on any atom is -0.489 e. The highest BCUT2D eigenvalue weighted by atomic mass is 16.6. The van der Waals surface area contributed by atoms with Crippen molar-refractivity contribution in [3.8, 4) is 5.75 Å². The van der Waals surface area contributed by atoms with Crippen molar-refractivity contribution in [3.63, 3.8) is 0 Å². The van der Waals surface area contributed by atoms with Crippen LogP contribution in [0.5, 0.6) is 5.75 Å². The molecule has 0 spiro atoms. The third-order valence-electron chi connectivity index (χ3n) is 3.73. The van der Waals surface area contributed by atoms with Gasteiger partial charge in [0, 0.05) is 6.54 Å². The van der Waals surface area contributed by atoms with Crippen LogP contribution in [0, 0.1) is 0 Å². The second-order valence-electron chi connectivity index (χ2n) is 7.30. The lowest BCUT2D eigenvalue weighted by molar-refractivity contribution is 0.0527. The van der Waals surface area contributed by atoms with Gasteiger partial charge in [-0.3, -0.25) is 0 Å². The van der Waals surface area contributed by atoms with E-state index < -0.39 is 5.60 Å². The predicted molar refractivity (Wildman–Crippen MR) is 104 cm³/mol. The zero-order chi connectivity index (χ0) is 18.8. The van der Waals surface area contributed by atoms with Gasteiger partial charge in [-0.05, 0) is 63.3 Å². The molecule has 140 valence electrons. The van der Waals surface area contributed by atoms with Crippen molar-refractivity contribution in [2.24, 2.45) is 0 Å². The molecule has 0 atom stereocenters. The smallest absolute Gasteiger partial charge is 0.407 e. The number of carbonyl (C=O) groups excluding carboxylic acids is 1. The molecule has 0 unspecified atom stereocenters. The number of nitrogens with one attached hydrogen (secondary N) is 1. The first-order chi connectivity index (χ1) is 12.4. The second-order valence-corrected chi connectivity index (χ2v) is 7.30. The summed E-state index contributed by atoms with van der Waals surface area (Å²) in [7, 11) is 0. The van der Waals surface area contributed by atoms with Gasteiger partial charge in [-0.1, -0.05) is 42.5 Å². The third-order valence-corrected chi connectivity index (χ3v) is 3.73. The third kappa shape index (κ3) is 8.06. The van der Waals surface area contributed by atoms with Crippen molar-refractivity contribution < 1.29 is 14.3 Å². The van der Waals surface area contributed by atoms with Crippen molar-refractivity contribution in [1.82, 2.24) is 5.32 Å². The highest BCUT2D eigenvalue weighted by Crippen LogP contribution is 2.15. The summed E-state index contributed by atoms with van der Waals surface area (Å²) in [6.07, 6.45) is 2.57. The lowest BCUT2D eigenvalue weighted by atomic mass is 10.1. The topological polar surface area (TPSA) is 47.6 Å². The summed E-state index contributed by atoms with van der Waals surface area (Å²) < 4.78 is 11.0. The van der Waals surface area contributed by atoms with E-state index in [0.717, 1.165) is 30.6 Å². The molecule has 0 aliphatic heterocycles. The van der Waals surface area contributed by atoms with Crippen LogP contribution in [0.15, 0.2) is 54.6 Å². The Hall–Kier alpha value is -2.49. The van der Waals surface area contributed by atoms with Crippen LogP contribution in [0.2, 0.25) is 0 Å². The Kier molecular flexibility index (Phi) is 7.52. The zero-order valence-corrected chi connectivity index (χ0v) is 16.0. The summed E-state index contributed by atoms with van der Waals surface area (Å²) in [6.45, 7) is 6.79. The molecule has 2 aromatic carbocycles. The molecule has 2 aromatic rings. The van der Waals surface area contributed by atoms with E-state index in [9.17, 15) is 4.79 Å². The molecule has 26 heavy (non-hydrogen) atoms. The Morgan fingerprint density at radius 2 is 1.62 bits per heavy atom. The summed E-state index contributed by atoms with van der Waals surface area (Å²) >= 11 is 0. The van der Waals surface area contributed by atoms with Crippen LogP contribution in [0.4, 0.5) is 4.79 Å². The molecule has 0 radical (unpaired) electrons. The van der Waals surface area contributed by atoms with E-state index in [1.54, 1.807) is 0 Å². The first kappa shape index (κ1) is 19.8. The average Bonchev–Trinajstić information content (AvgIpc) is 2.60. The molecular weight excluding hydrogens is 326 g/mol. The van der Waals surface area contributed by atoms with Crippen molar-refractivity contribution in [1.29, 1.82) is 0 Å². The van der Waals surface area contributed by atoms with Crippen molar-refractivity contribution >= 4 is 6.09 Å². The Bertz CT molecular complexity index is 660. The van der Waals surface area contributed by atoms with Gasteiger partial charge in [-0.25, -0.2) is 4.79 Å². The molecule has 0 saturated heterocycles. The molecular formula is C22H29NO3. The molecule has 0 aliphatic carbocycles. The van der Waals surface area contributed by atoms with Gasteiger partial charge < -0.3 is 14.8 Å². The molecule has 0 saturated carbocycles. The SMILES string of the molecule is CC(C)(C)OC(=O)NCCCCc1ccc(OCc2ccccc2)cc1. The van der Waals surface area contributed by atoms with Crippen LogP contribution < -0.4 is 10.1 Å². The second kappa shape index (κ2) is 9.85. The van der Waals surface area contributed by atoms with Gasteiger partial charge in [0.05, 0.1) is 0 Å². The van der Waals surface area contributed by atoms with Gasteiger partial charge in [0.25, 0.3) is 0 Å². The first-order valence-corrected chi connectivity index (χ1v) is 9.15. The summed E-state index contributed by atoms with van der Waals surface area (Å²) in [5.74, 6) is 0.879. The number of aryl methyl sites for hydroxylation is 1. The number of benzene rings is 2. The molecule has 0 aromatic heterocycles. The molecule has 1 N–H and O–H groups in total. The maximum atomic E-state index is 11.5. The maximum Gasteiger partial charge on any atom is 0.407 e. The van der Waals surface area contributed by atoms with Gasteiger partial charge in [0.1, 0.15) is 18.0 Å². The van der Waals surface area contributed by atoms with E-state index in [-0.39, 0.29) is 6.09 Å². The Balaban J connectivity index is 1.62. The fourth-order valence-corrected chi connectivity index (χ4v) is 2.45. The molecule has 0 fully saturated rings. The van der Waals surface area contributed by atoms with Crippen LogP contribution >= 0.6 is 0 Å². The van der Waals surface area contributed by atoms with E-state index in [4.69, 9.17) is 9.47 Å². The van der Waals surface area contributed by atoms with Gasteiger partial charge in [0.2, 0.25) is 0 Å². The molecule has 0 aliphatic rings. The Morgan fingerprint density at radius 3 is 2.27 bits per heavy atom. The average molecular weight is 355 g/mol. The largest absolute Gasteiger partial charge is 0.489 e. The van der Waals surface area contributed by atoms with Gasteiger partial charge in [-0.2, -0.15) is 0 Å². The van der Waals surface area contributed by atoms with Crippen LogP contribution in [-0.4, -0.2) is 18.2 Å². The number of hydrogen-bond acceptors (Lipinski definition) is 3. The summed E-state index contributed by atoms with van der Waals surface area (Å²) in [5.41, 5.74) is 1.98. The highest BCUT2D eigenvalue weighted by molar-refractivity contribution is 5.67. The number of ether oxygens (including phenoxy) is 2. The number of carbonyl (C=O) groups is 1. The van der Waals surface area contributed by atoms with E-state index >= 15 is 0 Å². The van der Waals surface area contributed by atoms with Crippen LogP contribution in [0.25, 0.3) is 0 Å². The normalized spacial score (nSPS) is 11.0. The number of alkyl carbamates (subject to hydrolysis) is 1. The van der Waals surface area contributed by atoms with Crippen LogP contribution in [0.3, 0.4) is 0 Å². The molecule has 1 amide bonds. The van der Waals surface area contributed by atoms with E-state index in [2.05, 4.69) is 29.6 Å². The quantitative estimate of drug-likeness (QED) is 0.669. The fourth-order valence-electron chi connectivity index (χ4n) is 2.45. The van der Waals surface area contributed by atoms with E-state index in [1.165, 1.54) is 5.56 Å². The van der Waals surface area contributed by atoms with Crippen LogP contribution in [0.1, 0.15) is 44.7 Å². The molecule has 2 rings (SSSR count). The standard InChI is InChI=1S/C22H29NO3/c1-22(2,3)26-21(24)23-16-8-7-9-18-12-14-20(15-13-18)25-17-19-10-5-4-6-11-19/h4-6,10-15H,7-9,16-17H2,1-3H3,(H,23,24). The molecule has 4 nitrogen and oxygen atoms in total. The first-order valence-electron chi connectivity index (χ1n) is 9.15. The van der Waals surface area contributed by atoms with Gasteiger partial charge >= 0.3 is 6.09 Å². The van der Waals surface area contributed by atoms with Crippen LogP contribution in [-0.2, 0) is 17.8 Å². The van der Waals surface area contributed by atoms with Gasteiger partial charge in [-0.15, -0.1) is 0 Å². The number of hydrogen-bond donors (Lipinski definition) is 1. The minimum absolute atomic E-state index is 0.350. The summed E-state index contributed by atoms with van der Waals surface area (Å²) in [5, 5.41) is 2.79. The zero-order valence-electron chi connectivity index (χ0n) is 16.0. The fraction of sp³-hybridized carbons (Fsp3) is 0.409. The highest BCUT2D eigenvalue weighted by Gasteiger charge is 2.15. The summed E-state index contributed by atoms with van der Waals surface area (Å²) in [4.78, 5) is 11.5. The number of amides is 1. The van der Waals surface area contributed by atoms with Crippen molar-refractivity contribution in [2.45, 2.75) is 52.2 Å². The van der Waals surface area contributed by atoms with Crippen molar-refractivity contribution in [2.75, 3.05) is 6.54 Å². The maximum absolute atomic E-state index is 11.5. The monoisotopic (exact) mass is 355 g/mol. The molecule has 4 heteroatoms.